The summed E-state index contributed by atoms with van der Waals surface area (Å²) in [6.45, 7) is 4.23. The third-order valence-corrected chi connectivity index (χ3v) is 6.87. The van der Waals surface area contributed by atoms with Crippen molar-refractivity contribution in [3.63, 3.8) is 0 Å². The first kappa shape index (κ1) is 23.7. The van der Waals surface area contributed by atoms with E-state index in [1.165, 1.54) is 11.6 Å². The lowest BCUT2D eigenvalue weighted by Crippen LogP contribution is -2.47. The predicted octanol–water partition coefficient (Wildman–Crippen LogP) is 5.49. The van der Waals surface area contributed by atoms with E-state index in [4.69, 9.17) is 0 Å². The van der Waals surface area contributed by atoms with E-state index >= 15 is 0 Å². The van der Waals surface area contributed by atoms with E-state index in [0.717, 1.165) is 11.6 Å². The molecule has 0 aromatic heterocycles. The molecule has 1 fully saturated rings. The third kappa shape index (κ3) is 4.48. The van der Waals surface area contributed by atoms with Crippen LogP contribution in [0.5, 0.6) is 0 Å². The molecule has 2 aromatic carbocycles. The molecule has 1 aliphatic carbocycles. The van der Waals surface area contributed by atoms with Crippen LogP contribution >= 0.6 is 0 Å². The Kier molecular flexibility index (Phi) is 6.56. The molecule has 0 spiro atoms. The number of fused-ring (bicyclic) bond motifs is 1. The molecule has 0 bridgehead atoms. The van der Waals surface area contributed by atoms with Crippen LogP contribution in [-0.4, -0.2) is 21.7 Å². The molecular weight excluding hydrogens is 441 g/mol. The van der Waals surface area contributed by atoms with Crippen LogP contribution in [0, 0.1) is 32.0 Å². The molecule has 0 saturated carbocycles. The minimum Gasteiger partial charge on any atom is -0.303 e. The number of hydrogen-bond donors (Lipinski definition) is 1. The molecule has 4 rings (SSSR count). The van der Waals surface area contributed by atoms with E-state index in [2.05, 4.69) is 31.3 Å². The SMILES string of the molecule is CC(C)c1cccc(C2CC(=O)C3CC(c4ccc([N+](=O)[O-])c(F)c4[N+](=O)[O-])CC=CC3N2)c1. The van der Waals surface area contributed by atoms with Crippen molar-refractivity contribution in [1.29, 1.82) is 0 Å². The average molecular weight is 467 g/mol. The monoisotopic (exact) mass is 467 g/mol. The van der Waals surface area contributed by atoms with Crippen LogP contribution in [0.1, 0.15) is 67.7 Å². The number of benzene rings is 2. The molecule has 1 saturated heterocycles. The molecule has 0 radical (unpaired) electrons. The molecule has 0 amide bonds. The van der Waals surface area contributed by atoms with Gasteiger partial charge >= 0.3 is 11.4 Å². The van der Waals surface area contributed by atoms with Gasteiger partial charge in [-0.15, -0.1) is 0 Å². The normalized spacial score (nSPS) is 24.5. The van der Waals surface area contributed by atoms with Crippen LogP contribution in [0.4, 0.5) is 15.8 Å². The van der Waals surface area contributed by atoms with Gasteiger partial charge in [0.25, 0.3) is 5.82 Å². The highest BCUT2D eigenvalue weighted by molar-refractivity contribution is 5.84. The standard InChI is InChI=1S/C25H26FN3O5/c1-14(2)15-5-3-7-17(11-15)21-13-23(30)19-12-16(6-4-8-20(19)27-21)18-9-10-22(28(31)32)24(26)25(18)29(33)34/h3-5,7-11,14,16,19-21,27H,6,12-13H2,1-2H3. The van der Waals surface area contributed by atoms with Gasteiger partial charge < -0.3 is 5.32 Å². The number of Topliss-reactive ketones (excluding diaryl/α,β-unsaturated/α-hetero) is 1. The molecule has 2 aliphatic rings. The smallest absolute Gasteiger partial charge is 0.303 e. The molecule has 9 heteroatoms. The zero-order chi connectivity index (χ0) is 24.6. The molecule has 2 aromatic rings. The minimum absolute atomic E-state index is 0.0466. The van der Waals surface area contributed by atoms with Crippen molar-refractivity contribution in [2.75, 3.05) is 0 Å². The maximum Gasteiger partial charge on any atom is 0.315 e. The fourth-order valence-corrected chi connectivity index (χ4v) is 5.05. The van der Waals surface area contributed by atoms with Gasteiger partial charge in [-0.1, -0.05) is 50.3 Å². The van der Waals surface area contributed by atoms with Crippen LogP contribution < -0.4 is 5.32 Å². The van der Waals surface area contributed by atoms with E-state index in [-0.39, 0.29) is 23.4 Å². The number of nitrogens with one attached hydrogen (secondary N) is 1. The number of nitro groups is 2. The lowest BCUT2D eigenvalue weighted by Gasteiger charge is -2.36. The first-order valence-corrected chi connectivity index (χ1v) is 11.3. The summed E-state index contributed by atoms with van der Waals surface area (Å²) >= 11 is 0. The van der Waals surface area contributed by atoms with Crippen LogP contribution in [0.25, 0.3) is 0 Å². The molecule has 8 nitrogen and oxygen atoms in total. The van der Waals surface area contributed by atoms with Crippen molar-refractivity contribution in [2.45, 2.75) is 57.0 Å². The summed E-state index contributed by atoms with van der Waals surface area (Å²) in [5.41, 5.74) is 0.501. The van der Waals surface area contributed by atoms with Gasteiger partial charge in [-0.3, -0.25) is 25.0 Å². The second kappa shape index (κ2) is 9.42. The first-order valence-electron chi connectivity index (χ1n) is 11.3. The zero-order valence-electron chi connectivity index (χ0n) is 18.9. The topological polar surface area (TPSA) is 115 Å². The Balaban J connectivity index is 1.61. The van der Waals surface area contributed by atoms with E-state index in [1.807, 2.05) is 24.3 Å². The molecule has 4 unspecified atom stereocenters. The number of carbonyl (C=O) groups excluding carboxylic acids is 1. The Morgan fingerprint density at radius 1 is 1.12 bits per heavy atom. The Labute approximate surface area is 196 Å². The lowest BCUT2D eigenvalue weighted by molar-refractivity contribution is -0.399. The molecule has 1 aliphatic heterocycles. The summed E-state index contributed by atoms with van der Waals surface area (Å²) in [5, 5.41) is 26.2. The molecule has 4 atom stereocenters. The maximum absolute atomic E-state index is 14.6. The molecule has 34 heavy (non-hydrogen) atoms. The van der Waals surface area contributed by atoms with Crippen molar-refractivity contribution in [3.8, 4) is 0 Å². The summed E-state index contributed by atoms with van der Waals surface area (Å²) in [6, 6.07) is 9.99. The van der Waals surface area contributed by atoms with Gasteiger partial charge in [-0.25, -0.2) is 0 Å². The fourth-order valence-electron chi connectivity index (χ4n) is 5.05. The quantitative estimate of drug-likeness (QED) is 0.353. The van der Waals surface area contributed by atoms with Crippen LogP contribution in [0.2, 0.25) is 0 Å². The molecule has 178 valence electrons. The van der Waals surface area contributed by atoms with Gasteiger partial charge in [0.05, 0.1) is 9.85 Å². The van der Waals surface area contributed by atoms with Gasteiger partial charge in [0, 0.05) is 36.1 Å². The fraction of sp³-hybridized carbons (Fsp3) is 0.400. The van der Waals surface area contributed by atoms with Gasteiger partial charge in [0.2, 0.25) is 0 Å². The molecule has 1 heterocycles. The lowest BCUT2D eigenvalue weighted by atomic mass is 9.78. The summed E-state index contributed by atoms with van der Waals surface area (Å²) in [6.07, 6.45) is 4.72. The number of nitrogens with zero attached hydrogens (tertiary/aromatic N) is 2. The average Bonchev–Trinajstić information content (AvgIpc) is 3.01. The van der Waals surface area contributed by atoms with Crippen molar-refractivity contribution < 1.29 is 19.0 Å². The van der Waals surface area contributed by atoms with Crippen LogP contribution in [0.3, 0.4) is 0 Å². The number of allylic oxidation sites excluding steroid dienone is 1. The highest BCUT2D eigenvalue weighted by Crippen LogP contribution is 2.42. The Bertz CT molecular complexity index is 1180. The number of halogens is 1. The van der Waals surface area contributed by atoms with Gasteiger partial charge in [0.15, 0.2) is 0 Å². The summed E-state index contributed by atoms with van der Waals surface area (Å²) in [5.74, 6) is -1.97. The highest BCUT2D eigenvalue weighted by Gasteiger charge is 2.40. The van der Waals surface area contributed by atoms with Crippen LogP contribution in [-0.2, 0) is 4.79 Å². The van der Waals surface area contributed by atoms with E-state index in [1.54, 1.807) is 0 Å². The second-order valence-corrected chi connectivity index (χ2v) is 9.29. The number of ketones is 1. The number of nitro benzene ring substituents is 2. The number of hydrogen-bond acceptors (Lipinski definition) is 6. The van der Waals surface area contributed by atoms with Crippen molar-refractivity contribution in [2.24, 2.45) is 5.92 Å². The second-order valence-electron chi connectivity index (χ2n) is 9.29. The number of piperidine rings is 1. The van der Waals surface area contributed by atoms with Gasteiger partial charge in [0.1, 0.15) is 5.78 Å². The molecular formula is C25H26FN3O5. The van der Waals surface area contributed by atoms with Crippen molar-refractivity contribution >= 4 is 17.2 Å². The maximum atomic E-state index is 14.6. The Morgan fingerprint density at radius 2 is 1.88 bits per heavy atom. The van der Waals surface area contributed by atoms with Crippen molar-refractivity contribution in [1.82, 2.24) is 5.32 Å². The predicted molar refractivity (Wildman–Crippen MR) is 124 cm³/mol. The zero-order valence-corrected chi connectivity index (χ0v) is 18.9. The summed E-state index contributed by atoms with van der Waals surface area (Å²) < 4.78 is 14.6. The number of rotatable bonds is 5. The highest BCUT2D eigenvalue weighted by atomic mass is 19.1. The first-order chi connectivity index (χ1) is 16.2. The molecule has 1 N–H and O–H groups in total. The van der Waals surface area contributed by atoms with E-state index < -0.39 is 38.9 Å². The van der Waals surface area contributed by atoms with Gasteiger partial charge in [-0.05, 0) is 41.9 Å². The number of carbonyl (C=O) groups is 1. The minimum atomic E-state index is -1.45. The Hall–Kier alpha value is -3.46. The summed E-state index contributed by atoms with van der Waals surface area (Å²) in [7, 11) is 0. The summed E-state index contributed by atoms with van der Waals surface area (Å²) in [4.78, 5) is 34.0. The van der Waals surface area contributed by atoms with E-state index in [0.29, 0.717) is 25.2 Å². The van der Waals surface area contributed by atoms with Crippen molar-refractivity contribution in [3.05, 3.63) is 91.3 Å². The van der Waals surface area contributed by atoms with E-state index in [9.17, 15) is 29.4 Å². The Morgan fingerprint density at radius 3 is 2.56 bits per heavy atom. The van der Waals surface area contributed by atoms with Gasteiger partial charge in [-0.2, -0.15) is 4.39 Å². The van der Waals surface area contributed by atoms with Crippen LogP contribution in [0.15, 0.2) is 48.6 Å². The largest absolute Gasteiger partial charge is 0.315 e. The third-order valence-electron chi connectivity index (χ3n) is 6.87.